The van der Waals surface area contributed by atoms with Gasteiger partial charge in [0.05, 0.1) is 5.56 Å². The van der Waals surface area contributed by atoms with E-state index in [0.29, 0.717) is 17.5 Å². The molecule has 0 aliphatic carbocycles. The summed E-state index contributed by atoms with van der Waals surface area (Å²) in [5.74, 6) is 1.68. The summed E-state index contributed by atoms with van der Waals surface area (Å²) in [6.45, 7) is 0. The van der Waals surface area contributed by atoms with Gasteiger partial charge >= 0.3 is 0 Å². The van der Waals surface area contributed by atoms with Crippen molar-refractivity contribution in [2.24, 2.45) is 0 Å². The summed E-state index contributed by atoms with van der Waals surface area (Å²) in [6, 6.07) is 60.5. The Bertz CT molecular complexity index is 3220. The van der Waals surface area contributed by atoms with Crippen LogP contribution in [0.3, 0.4) is 0 Å². The highest BCUT2D eigenvalue weighted by Gasteiger charge is 2.21. The van der Waals surface area contributed by atoms with Gasteiger partial charge in [0, 0.05) is 38.1 Å². The Labute approximate surface area is 309 Å². The number of aromatic nitrogens is 3. The molecule has 0 saturated carbocycles. The summed E-state index contributed by atoms with van der Waals surface area (Å²) in [6.07, 6.45) is 0. The molecular formula is C49H29N3O2. The van der Waals surface area contributed by atoms with Gasteiger partial charge in [-0.15, -0.1) is 0 Å². The van der Waals surface area contributed by atoms with Gasteiger partial charge in [-0.05, 0) is 64.0 Å². The lowest BCUT2D eigenvalue weighted by Crippen LogP contribution is -2.00. The van der Waals surface area contributed by atoms with E-state index in [2.05, 4.69) is 103 Å². The van der Waals surface area contributed by atoms with E-state index < -0.39 is 0 Å². The summed E-state index contributed by atoms with van der Waals surface area (Å²) in [7, 11) is 0. The molecule has 0 aliphatic rings. The highest BCUT2D eigenvalue weighted by molar-refractivity contribution is 6.17. The van der Waals surface area contributed by atoms with Gasteiger partial charge in [-0.25, -0.2) is 15.0 Å². The average Bonchev–Trinajstić information content (AvgIpc) is 3.83. The predicted octanol–water partition coefficient (Wildman–Crippen LogP) is 13.2. The van der Waals surface area contributed by atoms with E-state index in [1.165, 1.54) is 11.1 Å². The molecule has 0 saturated heterocycles. The van der Waals surface area contributed by atoms with Crippen LogP contribution < -0.4 is 0 Å². The van der Waals surface area contributed by atoms with Crippen molar-refractivity contribution < 1.29 is 8.83 Å². The van der Waals surface area contributed by atoms with E-state index in [-0.39, 0.29) is 0 Å². The van der Waals surface area contributed by atoms with Crippen LogP contribution in [0, 0.1) is 0 Å². The van der Waals surface area contributed by atoms with Crippen LogP contribution in [0.25, 0.3) is 111 Å². The van der Waals surface area contributed by atoms with Gasteiger partial charge in [0.25, 0.3) is 0 Å². The first-order valence-electron chi connectivity index (χ1n) is 18.0. The summed E-state index contributed by atoms with van der Waals surface area (Å²) >= 11 is 0. The molecule has 8 aromatic carbocycles. The highest BCUT2D eigenvalue weighted by atomic mass is 16.3. The first kappa shape index (κ1) is 30.3. The van der Waals surface area contributed by atoms with Crippen molar-refractivity contribution in [3.8, 4) is 56.4 Å². The monoisotopic (exact) mass is 691 g/mol. The van der Waals surface area contributed by atoms with Crippen LogP contribution in [0.1, 0.15) is 0 Å². The smallest absolute Gasteiger partial charge is 0.167 e. The zero-order valence-corrected chi connectivity index (χ0v) is 28.9. The molecule has 0 spiro atoms. The Hall–Kier alpha value is -7.37. The van der Waals surface area contributed by atoms with Crippen molar-refractivity contribution >= 4 is 54.6 Å². The summed E-state index contributed by atoms with van der Waals surface area (Å²) in [5, 5.41) is 6.23. The van der Waals surface area contributed by atoms with Crippen LogP contribution in [0.4, 0.5) is 0 Å². The first-order valence-corrected chi connectivity index (χ1v) is 18.0. The van der Waals surface area contributed by atoms with Crippen LogP contribution in [0.2, 0.25) is 0 Å². The maximum atomic E-state index is 6.73. The molecule has 0 N–H and O–H groups in total. The molecule has 0 amide bonds. The molecule has 0 bridgehead atoms. The van der Waals surface area contributed by atoms with Crippen LogP contribution in [0.5, 0.6) is 0 Å². The topological polar surface area (TPSA) is 65.0 Å². The number of benzene rings is 8. The number of fused-ring (bicyclic) bond motifs is 8. The average molecular weight is 692 g/mol. The fourth-order valence-corrected chi connectivity index (χ4v) is 7.74. The van der Waals surface area contributed by atoms with Gasteiger partial charge in [0.1, 0.15) is 22.3 Å². The zero-order chi connectivity index (χ0) is 35.6. The zero-order valence-electron chi connectivity index (χ0n) is 28.9. The molecule has 0 atom stereocenters. The van der Waals surface area contributed by atoms with Gasteiger partial charge < -0.3 is 8.83 Å². The molecule has 54 heavy (non-hydrogen) atoms. The molecule has 5 heteroatoms. The molecule has 252 valence electrons. The van der Waals surface area contributed by atoms with Crippen LogP contribution in [0.15, 0.2) is 185 Å². The number of nitrogens with zero attached hydrogens (tertiary/aromatic N) is 3. The summed E-state index contributed by atoms with van der Waals surface area (Å²) in [4.78, 5) is 15.4. The Morgan fingerprint density at radius 2 is 0.926 bits per heavy atom. The van der Waals surface area contributed by atoms with Gasteiger partial charge in [-0.2, -0.15) is 0 Å². The number of rotatable bonds is 5. The second-order valence-corrected chi connectivity index (χ2v) is 13.6. The van der Waals surface area contributed by atoms with Gasteiger partial charge in [0.2, 0.25) is 0 Å². The third-order valence-electron chi connectivity index (χ3n) is 10.3. The highest BCUT2D eigenvalue weighted by Crippen LogP contribution is 2.41. The minimum Gasteiger partial charge on any atom is -0.456 e. The van der Waals surface area contributed by atoms with E-state index >= 15 is 0 Å². The lowest BCUT2D eigenvalue weighted by Gasteiger charge is -2.10. The molecular weight excluding hydrogens is 663 g/mol. The SMILES string of the molecule is c1ccc(-c2cccc(-c3ccc4oc5cccc(-c6nc(-c7ccccc7)nc(-c7cccc8c7oc7c9ccccc9ccc87)n6)c5c4c3)c2)cc1. The Morgan fingerprint density at radius 3 is 1.78 bits per heavy atom. The molecule has 0 unspecified atom stereocenters. The lowest BCUT2D eigenvalue weighted by molar-refractivity contribution is 0.669. The Kier molecular flexibility index (Phi) is 6.79. The second-order valence-electron chi connectivity index (χ2n) is 13.6. The maximum Gasteiger partial charge on any atom is 0.167 e. The summed E-state index contributed by atoms with van der Waals surface area (Å²) < 4.78 is 13.2. The Balaban J connectivity index is 1.12. The van der Waals surface area contributed by atoms with Crippen molar-refractivity contribution in [1.29, 1.82) is 0 Å². The fraction of sp³-hybridized carbons (Fsp3) is 0. The molecule has 3 heterocycles. The molecule has 11 rings (SSSR count). The Morgan fingerprint density at radius 1 is 0.315 bits per heavy atom. The van der Waals surface area contributed by atoms with Crippen molar-refractivity contribution in [3.63, 3.8) is 0 Å². The lowest BCUT2D eigenvalue weighted by atomic mass is 9.97. The van der Waals surface area contributed by atoms with Gasteiger partial charge in [-0.1, -0.05) is 140 Å². The minimum absolute atomic E-state index is 0.538. The van der Waals surface area contributed by atoms with E-state index in [9.17, 15) is 0 Å². The van der Waals surface area contributed by atoms with E-state index in [4.69, 9.17) is 23.8 Å². The molecule has 0 radical (unpaired) electrons. The second kappa shape index (κ2) is 12.1. The molecule has 0 fully saturated rings. The van der Waals surface area contributed by atoms with Gasteiger partial charge in [0.15, 0.2) is 17.5 Å². The van der Waals surface area contributed by atoms with Crippen LogP contribution in [-0.2, 0) is 0 Å². The van der Waals surface area contributed by atoms with E-state index in [1.54, 1.807) is 0 Å². The van der Waals surface area contributed by atoms with Gasteiger partial charge in [-0.3, -0.25) is 0 Å². The maximum absolute atomic E-state index is 6.73. The normalized spacial score (nSPS) is 11.7. The summed E-state index contributed by atoms with van der Waals surface area (Å²) in [5.41, 5.74) is 10.3. The fourth-order valence-electron chi connectivity index (χ4n) is 7.74. The van der Waals surface area contributed by atoms with Crippen molar-refractivity contribution in [2.45, 2.75) is 0 Å². The number of hydrogen-bond donors (Lipinski definition) is 0. The third-order valence-corrected chi connectivity index (χ3v) is 10.3. The van der Waals surface area contributed by atoms with Crippen LogP contribution in [-0.4, -0.2) is 15.0 Å². The van der Waals surface area contributed by atoms with Crippen molar-refractivity contribution in [1.82, 2.24) is 15.0 Å². The number of hydrogen-bond acceptors (Lipinski definition) is 5. The first-order chi connectivity index (χ1) is 26.7. The predicted molar refractivity (Wildman–Crippen MR) is 219 cm³/mol. The standard InChI is InChI=1S/C49H29N3O2/c1-3-12-30(13-4-1)33-17-9-18-34(28-33)35-25-27-42-41(29-35)44-39(21-11-23-43(44)53-42)48-50-47(32-15-5-2-6-16-32)51-49(52-48)40-22-10-20-37-38-26-24-31-14-7-8-19-36(31)45(38)54-46(37)40/h1-29H. The minimum atomic E-state index is 0.538. The van der Waals surface area contributed by atoms with E-state index in [1.807, 2.05) is 72.8 Å². The molecule has 3 aromatic heterocycles. The van der Waals surface area contributed by atoms with Crippen molar-refractivity contribution in [3.05, 3.63) is 176 Å². The number of para-hydroxylation sites is 1. The number of furan rings is 2. The van der Waals surface area contributed by atoms with Crippen molar-refractivity contribution in [2.75, 3.05) is 0 Å². The molecule has 11 aromatic rings. The van der Waals surface area contributed by atoms with E-state index in [0.717, 1.165) is 82.5 Å². The molecule has 5 nitrogen and oxygen atoms in total. The van der Waals surface area contributed by atoms with Crippen LogP contribution >= 0.6 is 0 Å². The third kappa shape index (κ3) is 4.90. The largest absolute Gasteiger partial charge is 0.456 e. The quantitative estimate of drug-likeness (QED) is 0.180. The molecule has 0 aliphatic heterocycles.